The number of hydrogen-bond acceptors (Lipinski definition) is 7. The fraction of sp³-hybridized carbons (Fsp3) is 0.111. The van der Waals surface area contributed by atoms with Gasteiger partial charge >= 0.3 is 11.9 Å². The molecule has 2 aromatic rings. The van der Waals surface area contributed by atoms with E-state index in [1.165, 1.54) is 32.0 Å². The van der Waals surface area contributed by atoms with Gasteiger partial charge in [0.2, 0.25) is 0 Å². The lowest BCUT2D eigenvalue weighted by Crippen LogP contribution is -2.06. The van der Waals surface area contributed by atoms with E-state index in [4.69, 9.17) is 20.0 Å². The molecule has 0 aromatic heterocycles. The number of carbonyl (C=O) groups excluding carboxylic acids is 2. The number of benzene rings is 2. The maximum absolute atomic E-state index is 11.8. The lowest BCUT2D eigenvalue weighted by molar-refractivity contribution is 0.0598. The van der Waals surface area contributed by atoms with Crippen LogP contribution in [0.1, 0.15) is 31.8 Å². The lowest BCUT2D eigenvalue weighted by atomic mass is 10.1. The normalized spacial score (nSPS) is 9.60. The van der Waals surface area contributed by atoms with Gasteiger partial charge in [0.05, 0.1) is 36.5 Å². The summed E-state index contributed by atoms with van der Waals surface area (Å²) in [7, 11) is 2.50. The molecule has 25 heavy (non-hydrogen) atoms. The van der Waals surface area contributed by atoms with Crippen molar-refractivity contribution in [2.75, 3.05) is 14.2 Å². The second-order valence-electron chi connectivity index (χ2n) is 4.76. The lowest BCUT2D eigenvalue weighted by Gasteiger charge is -2.08. The molecule has 2 rings (SSSR count). The van der Waals surface area contributed by atoms with E-state index in [0.717, 1.165) is 0 Å². The van der Waals surface area contributed by atoms with Gasteiger partial charge in [-0.2, -0.15) is 10.5 Å². The average molecular weight is 352 g/mol. The molecule has 0 fully saturated rings. The van der Waals surface area contributed by atoms with Crippen molar-refractivity contribution in [3.63, 3.8) is 0 Å². The maximum Gasteiger partial charge on any atom is 0.337 e. The number of nitriles is 2. The Kier molecular flexibility index (Phi) is 5.78. The Morgan fingerprint density at radius 3 is 1.88 bits per heavy atom. The molecular formula is C18H12N2O4S. The van der Waals surface area contributed by atoms with Crippen LogP contribution in [0.15, 0.2) is 46.2 Å². The van der Waals surface area contributed by atoms with Gasteiger partial charge in [0.25, 0.3) is 0 Å². The van der Waals surface area contributed by atoms with E-state index in [9.17, 15) is 9.59 Å². The number of ether oxygens (including phenoxy) is 2. The van der Waals surface area contributed by atoms with Crippen molar-refractivity contribution in [2.45, 2.75) is 9.79 Å². The molecule has 0 radical (unpaired) electrons. The smallest absolute Gasteiger partial charge is 0.337 e. The van der Waals surface area contributed by atoms with Crippen LogP contribution in [-0.4, -0.2) is 26.2 Å². The highest BCUT2D eigenvalue weighted by atomic mass is 32.2. The van der Waals surface area contributed by atoms with Crippen LogP contribution in [0.2, 0.25) is 0 Å². The molecule has 6 nitrogen and oxygen atoms in total. The van der Waals surface area contributed by atoms with Crippen molar-refractivity contribution in [1.82, 2.24) is 0 Å². The van der Waals surface area contributed by atoms with Crippen molar-refractivity contribution in [1.29, 1.82) is 10.5 Å². The largest absolute Gasteiger partial charge is 0.465 e. The Morgan fingerprint density at radius 1 is 0.840 bits per heavy atom. The van der Waals surface area contributed by atoms with Crippen molar-refractivity contribution < 1.29 is 19.1 Å². The van der Waals surface area contributed by atoms with E-state index in [2.05, 4.69) is 0 Å². The fourth-order valence-corrected chi connectivity index (χ4v) is 3.00. The average Bonchev–Trinajstić information content (AvgIpc) is 2.66. The standard InChI is InChI=1S/C18H12N2O4S/c1-23-17(21)12-5-13(18(22)24-2)7-16(6-12)25-15-4-3-11(9-19)14(8-15)10-20/h3-8H,1-2H3. The Balaban J connectivity index is 2.45. The van der Waals surface area contributed by atoms with Gasteiger partial charge in [-0.15, -0.1) is 0 Å². The molecule has 0 atom stereocenters. The molecule has 0 aliphatic rings. The van der Waals surface area contributed by atoms with Crippen LogP contribution in [-0.2, 0) is 9.47 Å². The minimum Gasteiger partial charge on any atom is -0.465 e. The van der Waals surface area contributed by atoms with Crippen molar-refractivity contribution in [3.05, 3.63) is 58.7 Å². The number of carbonyl (C=O) groups is 2. The highest BCUT2D eigenvalue weighted by Crippen LogP contribution is 2.31. The van der Waals surface area contributed by atoms with Crippen LogP contribution >= 0.6 is 11.8 Å². The zero-order valence-electron chi connectivity index (χ0n) is 13.4. The van der Waals surface area contributed by atoms with Gasteiger partial charge in [-0.1, -0.05) is 11.8 Å². The number of methoxy groups -OCH3 is 2. The van der Waals surface area contributed by atoms with E-state index in [1.807, 2.05) is 12.1 Å². The molecule has 0 aliphatic heterocycles. The van der Waals surface area contributed by atoms with E-state index in [-0.39, 0.29) is 22.3 Å². The van der Waals surface area contributed by atoms with Crippen LogP contribution in [0.4, 0.5) is 0 Å². The van der Waals surface area contributed by atoms with Gasteiger partial charge in [0, 0.05) is 9.79 Å². The Labute approximate surface area is 148 Å². The van der Waals surface area contributed by atoms with Crippen molar-refractivity contribution in [3.8, 4) is 12.1 Å². The Hall–Kier alpha value is -3.29. The van der Waals surface area contributed by atoms with Crippen LogP contribution in [0, 0.1) is 22.7 Å². The first-order chi connectivity index (χ1) is 12.0. The third-order valence-electron chi connectivity index (χ3n) is 3.22. The minimum absolute atomic E-state index is 0.210. The highest BCUT2D eigenvalue weighted by molar-refractivity contribution is 7.99. The summed E-state index contributed by atoms with van der Waals surface area (Å²) in [5.41, 5.74) is 0.958. The first kappa shape index (κ1) is 18.1. The molecule has 0 saturated carbocycles. The highest BCUT2D eigenvalue weighted by Gasteiger charge is 2.15. The second-order valence-corrected chi connectivity index (χ2v) is 5.91. The Bertz CT molecular complexity index is 891. The quantitative estimate of drug-likeness (QED) is 0.779. The van der Waals surface area contributed by atoms with Crippen LogP contribution < -0.4 is 0 Å². The van der Waals surface area contributed by atoms with Gasteiger partial charge in [-0.3, -0.25) is 0 Å². The van der Waals surface area contributed by atoms with E-state index in [0.29, 0.717) is 9.79 Å². The third kappa shape index (κ3) is 4.17. The third-order valence-corrected chi connectivity index (χ3v) is 4.18. The SMILES string of the molecule is COC(=O)c1cc(Sc2ccc(C#N)c(C#N)c2)cc(C(=O)OC)c1. The van der Waals surface area contributed by atoms with E-state index in [1.54, 1.807) is 30.3 Å². The van der Waals surface area contributed by atoms with Gasteiger partial charge in [0.1, 0.15) is 12.1 Å². The summed E-state index contributed by atoms with van der Waals surface area (Å²) in [4.78, 5) is 24.9. The van der Waals surface area contributed by atoms with E-state index >= 15 is 0 Å². The summed E-state index contributed by atoms with van der Waals surface area (Å²) in [6.45, 7) is 0. The molecule has 0 unspecified atom stereocenters. The first-order valence-electron chi connectivity index (χ1n) is 6.96. The maximum atomic E-state index is 11.8. The molecule has 0 spiro atoms. The summed E-state index contributed by atoms with van der Waals surface area (Å²) in [6.07, 6.45) is 0. The van der Waals surface area contributed by atoms with Crippen molar-refractivity contribution >= 4 is 23.7 Å². The first-order valence-corrected chi connectivity index (χ1v) is 7.78. The zero-order chi connectivity index (χ0) is 18.4. The molecule has 0 bridgehead atoms. The summed E-state index contributed by atoms with van der Waals surface area (Å²) in [6, 6.07) is 13.3. The molecule has 124 valence electrons. The zero-order valence-corrected chi connectivity index (χ0v) is 14.2. The van der Waals surface area contributed by atoms with Gasteiger partial charge < -0.3 is 9.47 Å². The van der Waals surface area contributed by atoms with Gasteiger partial charge in [0.15, 0.2) is 0 Å². The van der Waals surface area contributed by atoms with Crippen LogP contribution in [0.3, 0.4) is 0 Å². The molecule has 0 aliphatic carbocycles. The van der Waals surface area contributed by atoms with E-state index < -0.39 is 11.9 Å². The number of rotatable bonds is 4. The monoisotopic (exact) mass is 352 g/mol. The van der Waals surface area contributed by atoms with Gasteiger partial charge in [-0.05, 0) is 36.4 Å². The summed E-state index contributed by atoms with van der Waals surface area (Å²) < 4.78 is 9.39. The molecular weight excluding hydrogens is 340 g/mol. The van der Waals surface area contributed by atoms with Crippen LogP contribution in [0.5, 0.6) is 0 Å². The molecule has 2 aromatic carbocycles. The molecule has 0 amide bonds. The van der Waals surface area contributed by atoms with Crippen LogP contribution in [0.25, 0.3) is 0 Å². The molecule has 0 saturated heterocycles. The summed E-state index contributed by atoms with van der Waals surface area (Å²) in [5, 5.41) is 18.1. The number of esters is 2. The fourth-order valence-electron chi connectivity index (χ4n) is 2.04. The minimum atomic E-state index is -0.579. The molecule has 7 heteroatoms. The predicted octanol–water partition coefficient (Wildman–Crippen LogP) is 3.15. The number of nitrogens with zero attached hydrogens (tertiary/aromatic N) is 2. The summed E-state index contributed by atoms with van der Waals surface area (Å²) >= 11 is 1.24. The number of hydrogen-bond donors (Lipinski definition) is 0. The summed E-state index contributed by atoms with van der Waals surface area (Å²) in [5.74, 6) is -1.16. The van der Waals surface area contributed by atoms with Crippen molar-refractivity contribution in [2.24, 2.45) is 0 Å². The molecule has 0 N–H and O–H groups in total. The second kappa shape index (κ2) is 8.00. The topological polar surface area (TPSA) is 100 Å². The molecule has 0 heterocycles. The predicted molar refractivity (Wildman–Crippen MR) is 89.1 cm³/mol. The Morgan fingerprint density at radius 2 is 1.40 bits per heavy atom. The van der Waals surface area contributed by atoms with Gasteiger partial charge in [-0.25, -0.2) is 9.59 Å².